The molecule has 1 aliphatic carbocycles. The maximum absolute atomic E-state index is 13.3. The molecule has 4 heterocycles. The average Bonchev–Trinajstić information content (AvgIpc) is 3.49. The predicted octanol–water partition coefficient (Wildman–Crippen LogP) is 4.26. The zero-order chi connectivity index (χ0) is 19.6. The number of hydrogen-bond acceptors (Lipinski definition) is 6. The van der Waals surface area contributed by atoms with E-state index in [1.165, 1.54) is 15.3 Å². The van der Waals surface area contributed by atoms with Crippen LogP contribution in [0, 0.1) is 5.92 Å². The van der Waals surface area contributed by atoms with Crippen LogP contribution in [0.25, 0.3) is 6.08 Å². The summed E-state index contributed by atoms with van der Waals surface area (Å²) in [6.45, 7) is 3.44. The normalized spacial score (nSPS) is 26.6. The van der Waals surface area contributed by atoms with Crippen LogP contribution in [-0.2, 0) is 9.53 Å². The zero-order valence-corrected chi connectivity index (χ0v) is 18.0. The van der Waals surface area contributed by atoms with Crippen LogP contribution < -0.4 is 0 Å². The van der Waals surface area contributed by atoms with Crippen molar-refractivity contribution in [3.63, 3.8) is 0 Å². The molecule has 0 bridgehead atoms. The predicted molar refractivity (Wildman–Crippen MR) is 118 cm³/mol. The first kappa shape index (κ1) is 19.2. The molecule has 1 amide bonds. The van der Waals surface area contributed by atoms with Gasteiger partial charge in [0.05, 0.1) is 31.5 Å². The number of carbonyl (C=O) groups is 1. The first-order chi connectivity index (χ1) is 14.3. The number of carbonyl (C=O) groups excluding carboxylic acids is 1. The Bertz CT molecular complexity index is 899. The van der Waals surface area contributed by atoms with E-state index in [1.54, 1.807) is 27.7 Å². The second-order valence-electron chi connectivity index (χ2n) is 7.76. The highest BCUT2D eigenvalue weighted by Gasteiger charge is 2.44. The van der Waals surface area contributed by atoms with E-state index in [4.69, 9.17) is 9.84 Å². The number of hydrogen-bond donors (Lipinski definition) is 0. The zero-order valence-electron chi connectivity index (χ0n) is 16.3. The second kappa shape index (κ2) is 8.52. The van der Waals surface area contributed by atoms with E-state index in [0.29, 0.717) is 25.7 Å². The van der Waals surface area contributed by atoms with E-state index >= 15 is 0 Å². The van der Waals surface area contributed by atoms with Gasteiger partial charge in [-0.2, -0.15) is 5.10 Å². The Morgan fingerprint density at radius 1 is 1.21 bits per heavy atom. The number of thiophene rings is 2. The molecule has 7 heteroatoms. The fourth-order valence-electron chi connectivity index (χ4n) is 4.51. The van der Waals surface area contributed by atoms with Gasteiger partial charge in [0, 0.05) is 28.8 Å². The van der Waals surface area contributed by atoms with Gasteiger partial charge < -0.3 is 4.74 Å². The summed E-state index contributed by atoms with van der Waals surface area (Å²) >= 11 is 3.48. The van der Waals surface area contributed by atoms with Gasteiger partial charge in [-0.3, -0.25) is 9.69 Å². The summed E-state index contributed by atoms with van der Waals surface area (Å²) in [5.74, 6) is 0.393. The highest BCUT2D eigenvalue weighted by Crippen LogP contribution is 2.45. The van der Waals surface area contributed by atoms with Crippen molar-refractivity contribution in [1.82, 2.24) is 9.91 Å². The number of fused-ring (bicyclic) bond motifs is 1. The molecule has 5 rings (SSSR count). The topological polar surface area (TPSA) is 45.1 Å². The number of amides is 1. The lowest BCUT2D eigenvalue weighted by atomic mass is 9.79. The molecule has 29 heavy (non-hydrogen) atoms. The molecule has 2 aliphatic heterocycles. The Morgan fingerprint density at radius 3 is 2.79 bits per heavy atom. The van der Waals surface area contributed by atoms with Crippen LogP contribution in [0.3, 0.4) is 0 Å². The van der Waals surface area contributed by atoms with Gasteiger partial charge in [-0.1, -0.05) is 12.1 Å². The van der Waals surface area contributed by atoms with E-state index in [1.807, 2.05) is 0 Å². The minimum atomic E-state index is 0.0329. The van der Waals surface area contributed by atoms with Gasteiger partial charge in [0.1, 0.15) is 0 Å². The molecule has 2 aromatic rings. The fourth-order valence-corrected chi connectivity index (χ4v) is 6.07. The molecule has 0 aromatic carbocycles. The molecule has 2 fully saturated rings. The highest BCUT2D eigenvalue weighted by molar-refractivity contribution is 7.11. The van der Waals surface area contributed by atoms with Crippen LogP contribution >= 0.6 is 22.7 Å². The number of morpholine rings is 1. The number of hydrazone groups is 1. The lowest BCUT2D eigenvalue weighted by Gasteiger charge is -2.31. The van der Waals surface area contributed by atoms with Gasteiger partial charge in [0.2, 0.25) is 0 Å². The monoisotopic (exact) mass is 427 g/mol. The summed E-state index contributed by atoms with van der Waals surface area (Å²) < 4.78 is 5.43. The van der Waals surface area contributed by atoms with Crippen molar-refractivity contribution in [2.45, 2.75) is 25.3 Å². The maximum Gasteiger partial charge on any atom is 0.257 e. The third-order valence-electron chi connectivity index (χ3n) is 5.91. The summed E-state index contributed by atoms with van der Waals surface area (Å²) in [5, 5.41) is 11.0. The van der Waals surface area contributed by atoms with Gasteiger partial charge in [0.15, 0.2) is 0 Å². The van der Waals surface area contributed by atoms with Crippen molar-refractivity contribution in [2.24, 2.45) is 11.0 Å². The highest BCUT2D eigenvalue weighted by atomic mass is 32.1. The van der Waals surface area contributed by atoms with Gasteiger partial charge >= 0.3 is 0 Å². The minimum Gasteiger partial charge on any atom is -0.379 e. The van der Waals surface area contributed by atoms with Crippen molar-refractivity contribution < 1.29 is 9.53 Å². The quantitative estimate of drug-likeness (QED) is 0.732. The summed E-state index contributed by atoms with van der Waals surface area (Å²) in [7, 11) is 0. The Labute approximate surface area is 179 Å². The average molecular weight is 428 g/mol. The first-order valence-corrected chi connectivity index (χ1v) is 12.0. The van der Waals surface area contributed by atoms with E-state index < -0.39 is 0 Å². The fraction of sp³-hybridized carbons (Fsp3) is 0.455. The summed E-state index contributed by atoms with van der Waals surface area (Å²) in [4.78, 5) is 18.0. The molecule has 2 unspecified atom stereocenters. The largest absolute Gasteiger partial charge is 0.379 e. The SMILES string of the molecule is O=C(CN1CCOCC1)N1N=C2/C(=C/c3cccs3)CCCC2C1c1cccs1. The third-order valence-corrected chi connectivity index (χ3v) is 7.68. The first-order valence-electron chi connectivity index (χ1n) is 10.3. The van der Waals surface area contributed by atoms with Gasteiger partial charge in [0.25, 0.3) is 5.91 Å². The van der Waals surface area contributed by atoms with Gasteiger partial charge in [-0.05, 0) is 53.8 Å². The summed E-state index contributed by atoms with van der Waals surface area (Å²) in [5.41, 5.74) is 2.42. The number of rotatable bonds is 4. The molecule has 152 valence electrons. The van der Waals surface area contributed by atoms with E-state index in [0.717, 1.165) is 38.1 Å². The van der Waals surface area contributed by atoms with E-state index in [2.05, 4.69) is 46.0 Å². The van der Waals surface area contributed by atoms with Crippen molar-refractivity contribution in [1.29, 1.82) is 0 Å². The number of ether oxygens (including phenoxy) is 1. The summed E-state index contributed by atoms with van der Waals surface area (Å²) in [6, 6.07) is 8.49. The molecule has 0 radical (unpaired) electrons. The molecule has 2 aromatic heterocycles. The molecule has 5 nitrogen and oxygen atoms in total. The van der Waals surface area contributed by atoms with E-state index in [-0.39, 0.29) is 11.9 Å². The third kappa shape index (κ3) is 3.97. The molecule has 1 saturated heterocycles. The molecule has 3 aliphatic rings. The lowest BCUT2D eigenvalue weighted by molar-refractivity contribution is -0.135. The Balaban J connectivity index is 1.45. The van der Waals surface area contributed by atoms with Crippen molar-refractivity contribution in [3.05, 3.63) is 50.4 Å². The van der Waals surface area contributed by atoms with Crippen LogP contribution in [0.1, 0.15) is 35.1 Å². The lowest BCUT2D eigenvalue weighted by Crippen LogP contribution is -2.44. The van der Waals surface area contributed by atoms with Gasteiger partial charge in [-0.25, -0.2) is 5.01 Å². The maximum atomic E-state index is 13.3. The number of nitrogens with zero attached hydrogens (tertiary/aromatic N) is 3. The van der Waals surface area contributed by atoms with Crippen molar-refractivity contribution >= 4 is 40.4 Å². The smallest absolute Gasteiger partial charge is 0.257 e. The van der Waals surface area contributed by atoms with Crippen molar-refractivity contribution in [3.8, 4) is 0 Å². The molecule has 1 saturated carbocycles. The van der Waals surface area contributed by atoms with Crippen LogP contribution in [0.4, 0.5) is 0 Å². The standard InChI is InChI=1S/C22H25N3O2S2/c26-20(15-24-8-10-27-11-9-24)25-22(19-7-3-13-29-19)18-6-1-4-16(21(18)23-25)14-17-5-2-12-28-17/h2-3,5,7,12-14,18,22H,1,4,6,8-11,15H2/b16-14+. The van der Waals surface area contributed by atoms with Gasteiger partial charge in [-0.15, -0.1) is 22.7 Å². The van der Waals surface area contributed by atoms with Crippen LogP contribution in [-0.4, -0.2) is 54.4 Å². The minimum absolute atomic E-state index is 0.0329. The summed E-state index contributed by atoms with van der Waals surface area (Å²) in [6.07, 6.45) is 5.55. The Morgan fingerprint density at radius 2 is 2.03 bits per heavy atom. The second-order valence-corrected chi connectivity index (χ2v) is 9.71. The van der Waals surface area contributed by atoms with Crippen molar-refractivity contribution in [2.75, 3.05) is 32.8 Å². The molecular weight excluding hydrogens is 402 g/mol. The Hall–Kier alpha value is -1.80. The van der Waals surface area contributed by atoms with Crippen LogP contribution in [0.2, 0.25) is 0 Å². The number of allylic oxidation sites excluding steroid dienone is 1. The molecule has 0 spiro atoms. The Kier molecular flexibility index (Phi) is 5.63. The van der Waals surface area contributed by atoms with Crippen LogP contribution in [0.15, 0.2) is 45.7 Å². The van der Waals surface area contributed by atoms with E-state index in [9.17, 15) is 4.79 Å². The molecule has 2 atom stereocenters. The molecule has 0 N–H and O–H groups in total. The molecular formula is C22H25N3O2S2. The van der Waals surface area contributed by atoms with Crippen LogP contribution in [0.5, 0.6) is 0 Å².